The summed E-state index contributed by atoms with van der Waals surface area (Å²) in [6, 6.07) is 17.5. The summed E-state index contributed by atoms with van der Waals surface area (Å²) in [6.45, 7) is 0. The first kappa shape index (κ1) is 25.1. The number of carboxylic acid groups (broad SMARTS) is 2. The van der Waals surface area contributed by atoms with Crippen molar-refractivity contribution in [1.82, 2.24) is 20.4 Å². The molecule has 0 aliphatic rings. The number of aliphatic hydroxyl groups is 1. The van der Waals surface area contributed by atoms with E-state index in [0.29, 0.717) is 4.90 Å². The van der Waals surface area contributed by atoms with E-state index in [2.05, 4.69) is 15.5 Å². The average Bonchev–Trinajstić information content (AvgIpc) is 3.34. The molecule has 0 fully saturated rings. The number of carbonyl (C=O) groups is 4. The van der Waals surface area contributed by atoms with Crippen LogP contribution in [0.4, 0.5) is 4.79 Å². The van der Waals surface area contributed by atoms with Crippen LogP contribution in [-0.2, 0) is 11.2 Å². The molecule has 2 atom stereocenters. The number of hydrogen-bond acceptors (Lipinski definition) is 6. The van der Waals surface area contributed by atoms with Gasteiger partial charge < -0.3 is 20.6 Å². The number of aliphatic carboxylic acids is 1. The van der Waals surface area contributed by atoms with Crippen LogP contribution in [0.25, 0.3) is 11.1 Å². The third-order valence-corrected chi connectivity index (χ3v) is 5.30. The number of hydrogen-bond donors (Lipinski definition) is 5. The summed E-state index contributed by atoms with van der Waals surface area (Å²) < 4.78 is 0. The van der Waals surface area contributed by atoms with Crippen molar-refractivity contribution in [2.75, 3.05) is 7.05 Å². The summed E-state index contributed by atoms with van der Waals surface area (Å²) in [4.78, 5) is 47.3. The zero-order chi connectivity index (χ0) is 25.5. The van der Waals surface area contributed by atoms with Crippen molar-refractivity contribution in [3.8, 4) is 11.1 Å². The third kappa shape index (κ3) is 6.51. The summed E-state index contributed by atoms with van der Waals surface area (Å²) in [5, 5.41) is 36.6. The fourth-order valence-electron chi connectivity index (χ4n) is 3.39. The quantitative estimate of drug-likeness (QED) is 0.309. The van der Waals surface area contributed by atoms with Crippen molar-refractivity contribution in [3.05, 3.63) is 77.6 Å². The summed E-state index contributed by atoms with van der Waals surface area (Å²) >= 11 is 0. The number of aromatic amines is 1. The van der Waals surface area contributed by atoms with Crippen LogP contribution in [0, 0.1) is 0 Å². The van der Waals surface area contributed by atoms with Crippen LogP contribution in [0.1, 0.15) is 33.0 Å². The van der Waals surface area contributed by atoms with Gasteiger partial charge in [-0.05, 0) is 23.1 Å². The van der Waals surface area contributed by atoms with Crippen molar-refractivity contribution in [1.29, 1.82) is 0 Å². The molecule has 1 heterocycles. The number of amides is 3. The molecule has 1 unspecified atom stereocenters. The molecular formula is C24H24N4O7. The SMILES string of the molecule is CN(C(=O)O)C(=O)c1cc(C(=O)NC(Cc2ccc(-c3ccccc3)cc2)C[C@@H](O)C(=O)O)n[nH]1. The minimum atomic E-state index is -1.70. The molecule has 182 valence electrons. The van der Waals surface area contributed by atoms with Gasteiger partial charge in [0.1, 0.15) is 5.69 Å². The van der Waals surface area contributed by atoms with Gasteiger partial charge in [-0.1, -0.05) is 54.6 Å². The smallest absolute Gasteiger partial charge is 0.414 e. The molecule has 3 rings (SSSR count). The van der Waals surface area contributed by atoms with Crippen molar-refractivity contribution >= 4 is 23.9 Å². The van der Waals surface area contributed by atoms with E-state index in [9.17, 15) is 24.3 Å². The number of rotatable bonds is 9. The Morgan fingerprint density at radius 1 is 1.00 bits per heavy atom. The van der Waals surface area contributed by atoms with E-state index in [1.807, 2.05) is 54.6 Å². The van der Waals surface area contributed by atoms with Crippen LogP contribution in [-0.4, -0.2) is 73.5 Å². The Morgan fingerprint density at radius 2 is 1.63 bits per heavy atom. The first-order chi connectivity index (χ1) is 16.7. The molecule has 3 amide bonds. The first-order valence-electron chi connectivity index (χ1n) is 10.6. The largest absolute Gasteiger partial charge is 0.479 e. The van der Waals surface area contributed by atoms with Gasteiger partial charge in [-0.25, -0.2) is 14.5 Å². The monoisotopic (exact) mass is 480 g/mol. The molecule has 0 saturated carbocycles. The summed E-state index contributed by atoms with van der Waals surface area (Å²) in [6.07, 6.45) is -3.22. The molecule has 0 aliphatic heterocycles. The molecular weight excluding hydrogens is 456 g/mol. The van der Waals surface area contributed by atoms with Crippen LogP contribution in [0.3, 0.4) is 0 Å². The second-order valence-corrected chi connectivity index (χ2v) is 7.84. The van der Waals surface area contributed by atoms with Gasteiger partial charge in [0.25, 0.3) is 11.8 Å². The molecule has 11 nitrogen and oxygen atoms in total. The van der Waals surface area contributed by atoms with Gasteiger partial charge in [0, 0.05) is 25.6 Å². The Hall–Kier alpha value is -4.51. The Kier molecular flexibility index (Phi) is 7.95. The molecule has 3 aromatic rings. The van der Waals surface area contributed by atoms with Crippen molar-refractivity contribution < 1.29 is 34.5 Å². The highest BCUT2D eigenvalue weighted by Gasteiger charge is 2.25. The Labute approximate surface area is 200 Å². The molecule has 0 spiro atoms. The number of nitrogens with one attached hydrogen (secondary N) is 2. The Morgan fingerprint density at radius 3 is 2.23 bits per heavy atom. The zero-order valence-electron chi connectivity index (χ0n) is 18.7. The highest BCUT2D eigenvalue weighted by molar-refractivity contribution is 6.02. The molecule has 11 heteroatoms. The number of aromatic nitrogens is 2. The Bertz CT molecular complexity index is 1210. The highest BCUT2D eigenvalue weighted by atomic mass is 16.4. The topological polar surface area (TPSA) is 173 Å². The third-order valence-electron chi connectivity index (χ3n) is 5.30. The molecule has 35 heavy (non-hydrogen) atoms. The van der Waals surface area contributed by atoms with Crippen LogP contribution in [0.5, 0.6) is 0 Å². The maximum atomic E-state index is 12.7. The van der Waals surface area contributed by atoms with E-state index < -0.39 is 36.0 Å². The summed E-state index contributed by atoms with van der Waals surface area (Å²) in [7, 11) is 1.05. The molecule has 0 aliphatic carbocycles. The predicted octanol–water partition coefficient (Wildman–Crippen LogP) is 2.00. The van der Waals surface area contributed by atoms with Gasteiger partial charge in [0.15, 0.2) is 11.8 Å². The van der Waals surface area contributed by atoms with Crippen LogP contribution < -0.4 is 5.32 Å². The lowest BCUT2D eigenvalue weighted by Crippen LogP contribution is -2.40. The minimum Gasteiger partial charge on any atom is -0.479 e. The molecule has 5 N–H and O–H groups in total. The Balaban J connectivity index is 1.74. The molecule has 1 aromatic heterocycles. The number of aliphatic hydroxyl groups excluding tert-OH is 1. The average molecular weight is 480 g/mol. The van der Waals surface area contributed by atoms with Gasteiger partial charge >= 0.3 is 12.1 Å². The first-order valence-corrected chi connectivity index (χ1v) is 10.6. The van der Waals surface area contributed by atoms with E-state index in [1.165, 1.54) is 0 Å². The van der Waals surface area contributed by atoms with Gasteiger partial charge in [-0.15, -0.1) is 0 Å². The number of carboxylic acids is 1. The second-order valence-electron chi connectivity index (χ2n) is 7.84. The lowest BCUT2D eigenvalue weighted by Gasteiger charge is -2.20. The van der Waals surface area contributed by atoms with Gasteiger partial charge in [0.2, 0.25) is 0 Å². The van der Waals surface area contributed by atoms with E-state index in [4.69, 9.17) is 10.2 Å². The van der Waals surface area contributed by atoms with E-state index in [1.54, 1.807) is 0 Å². The maximum Gasteiger partial charge on any atom is 0.414 e. The van der Waals surface area contributed by atoms with Gasteiger partial charge in [0.05, 0.1) is 0 Å². The fourth-order valence-corrected chi connectivity index (χ4v) is 3.39. The zero-order valence-corrected chi connectivity index (χ0v) is 18.7. The predicted molar refractivity (Wildman–Crippen MR) is 124 cm³/mol. The number of imide groups is 1. The normalized spacial score (nSPS) is 12.4. The van der Waals surface area contributed by atoms with E-state index >= 15 is 0 Å². The lowest BCUT2D eigenvalue weighted by atomic mass is 9.97. The van der Waals surface area contributed by atoms with E-state index in [-0.39, 0.29) is 24.2 Å². The van der Waals surface area contributed by atoms with Crippen LogP contribution in [0.2, 0.25) is 0 Å². The number of H-pyrrole nitrogens is 1. The van der Waals surface area contributed by atoms with Crippen LogP contribution in [0.15, 0.2) is 60.7 Å². The highest BCUT2D eigenvalue weighted by Crippen LogP contribution is 2.20. The van der Waals surface area contributed by atoms with E-state index in [0.717, 1.165) is 29.8 Å². The molecule has 0 bridgehead atoms. The molecule has 0 radical (unpaired) electrons. The van der Waals surface area contributed by atoms with Crippen molar-refractivity contribution in [2.24, 2.45) is 0 Å². The fraction of sp³-hybridized carbons (Fsp3) is 0.208. The number of carbonyl (C=O) groups excluding carboxylic acids is 2. The standard InChI is InChI=1S/C24H24N4O7/c1-28(24(34)35)22(31)19-13-18(26-27-19)21(30)25-17(12-20(29)23(32)33)11-14-7-9-16(10-8-14)15-5-3-2-4-6-15/h2-10,13,17,20,29H,11-12H2,1H3,(H,25,30)(H,26,27)(H,32,33)(H,34,35)/t17?,20-/m1/s1. The minimum absolute atomic E-state index is 0.193. The van der Waals surface area contributed by atoms with Gasteiger partial charge in [-0.3, -0.25) is 14.7 Å². The maximum absolute atomic E-state index is 12.7. The second kappa shape index (κ2) is 11.1. The number of benzene rings is 2. The summed E-state index contributed by atoms with van der Waals surface area (Å²) in [5.74, 6) is -3.05. The molecule has 2 aromatic carbocycles. The lowest BCUT2D eigenvalue weighted by molar-refractivity contribution is -0.147. The van der Waals surface area contributed by atoms with Crippen molar-refractivity contribution in [2.45, 2.75) is 25.0 Å². The van der Waals surface area contributed by atoms with Gasteiger partial charge in [-0.2, -0.15) is 5.10 Å². The van der Waals surface area contributed by atoms with Crippen molar-refractivity contribution in [3.63, 3.8) is 0 Å². The number of nitrogens with zero attached hydrogens (tertiary/aromatic N) is 2. The summed E-state index contributed by atoms with van der Waals surface area (Å²) in [5.41, 5.74) is 2.41. The van der Waals surface area contributed by atoms with Crippen LogP contribution >= 0.6 is 0 Å². The molecule has 0 saturated heterocycles.